The van der Waals surface area contributed by atoms with Crippen molar-refractivity contribution in [2.75, 3.05) is 5.32 Å². The molecular weight excluding hydrogens is 217 g/mol. The number of fused-ring (bicyclic) bond motifs is 1. The number of nitrogens with zero attached hydrogens (tertiary/aromatic N) is 1. The SMILES string of the molecule is Fc1ccc(Nc2ccc3[nH]ncc3c2)cc1. The zero-order valence-corrected chi connectivity index (χ0v) is 8.94. The lowest BCUT2D eigenvalue weighted by Gasteiger charge is -2.06. The molecule has 0 saturated heterocycles. The molecule has 0 saturated carbocycles. The van der Waals surface area contributed by atoms with Crippen molar-refractivity contribution in [1.82, 2.24) is 10.2 Å². The van der Waals surface area contributed by atoms with E-state index in [1.807, 2.05) is 18.2 Å². The molecule has 2 aromatic carbocycles. The predicted octanol–water partition coefficient (Wildman–Crippen LogP) is 3.45. The summed E-state index contributed by atoms with van der Waals surface area (Å²) >= 11 is 0. The van der Waals surface area contributed by atoms with E-state index in [4.69, 9.17) is 0 Å². The van der Waals surface area contributed by atoms with Gasteiger partial charge in [0.2, 0.25) is 0 Å². The summed E-state index contributed by atoms with van der Waals surface area (Å²) in [7, 11) is 0. The number of hydrogen-bond donors (Lipinski definition) is 2. The van der Waals surface area contributed by atoms with Crippen molar-refractivity contribution in [2.24, 2.45) is 0 Å². The van der Waals surface area contributed by atoms with Crippen LogP contribution < -0.4 is 5.32 Å². The van der Waals surface area contributed by atoms with Gasteiger partial charge < -0.3 is 5.32 Å². The second-order valence-corrected chi connectivity index (χ2v) is 3.80. The van der Waals surface area contributed by atoms with Crippen LogP contribution in [-0.2, 0) is 0 Å². The fraction of sp³-hybridized carbons (Fsp3) is 0. The van der Waals surface area contributed by atoms with Gasteiger partial charge in [0.15, 0.2) is 0 Å². The largest absolute Gasteiger partial charge is 0.356 e. The third kappa shape index (κ3) is 1.97. The molecule has 84 valence electrons. The highest BCUT2D eigenvalue weighted by molar-refractivity contribution is 5.82. The first-order chi connectivity index (χ1) is 8.31. The minimum atomic E-state index is -0.235. The highest BCUT2D eigenvalue weighted by Crippen LogP contribution is 2.21. The summed E-state index contributed by atoms with van der Waals surface area (Å²) < 4.78 is 12.8. The second-order valence-electron chi connectivity index (χ2n) is 3.80. The van der Waals surface area contributed by atoms with Crippen LogP contribution in [0.1, 0.15) is 0 Å². The zero-order chi connectivity index (χ0) is 11.7. The number of rotatable bonds is 2. The van der Waals surface area contributed by atoms with Gasteiger partial charge in [-0.15, -0.1) is 0 Å². The van der Waals surface area contributed by atoms with Gasteiger partial charge in [0.25, 0.3) is 0 Å². The van der Waals surface area contributed by atoms with Crippen molar-refractivity contribution >= 4 is 22.3 Å². The van der Waals surface area contributed by atoms with E-state index in [1.54, 1.807) is 18.3 Å². The Labute approximate surface area is 97.3 Å². The second kappa shape index (κ2) is 3.90. The maximum atomic E-state index is 12.8. The highest BCUT2D eigenvalue weighted by atomic mass is 19.1. The molecule has 3 aromatic rings. The van der Waals surface area contributed by atoms with Gasteiger partial charge in [0.1, 0.15) is 5.82 Å². The van der Waals surface area contributed by atoms with Crippen LogP contribution in [0.15, 0.2) is 48.7 Å². The van der Waals surface area contributed by atoms with Crippen LogP contribution in [0.5, 0.6) is 0 Å². The lowest BCUT2D eigenvalue weighted by atomic mass is 10.2. The molecule has 0 aliphatic heterocycles. The number of anilines is 2. The fourth-order valence-electron chi connectivity index (χ4n) is 1.72. The molecule has 2 N–H and O–H groups in total. The Morgan fingerprint density at radius 3 is 2.59 bits per heavy atom. The third-order valence-electron chi connectivity index (χ3n) is 2.57. The molecule has 17 heavy (non-hydrogen) atoms. The molecule has 0 amide bonds. The average molecular weight is 227 g/mol. The van der Waals surface area contributed by atoms with E-state index >= 15 is 0 Å². The topological polar surface area (TPSA) is 40.7 Å². The predicted molar refractivity (Wildman–Crippen MR) is 65.8 cm³/mol. The quantitative estimate of drug-likeness (QED) is 0.704. The molecule has 1 heterocycles. The third-order valence-corrected chi connectivity index (χ3v) is 2.57. The van der Waals surface area contributed by atoms with E-state index in [1.165, 1.54) is 12.1 Å². The van der Waals surface area contributed by atoms with Crippen LogP contribution in [0.25, 0.3) is 10.9 Å². The van der Waals surface area contributed by atoms with E-state index in [0.717, 1.165) is 22.3 Å². The van der Waals surface area contributed by atoms with E-state index < -0.39 is 0 Å². The smallest absolute Gasteiger partial charge is 0.123 e. The molecule has 0 bridgehead atoms. The molecule has 0 atom stereocenters. The Bertz CT molecular complexity index is 643. The Morgan fingerprint density at radius 2 is 1.76 bits per heavy atom. The zero-order valence-electron chi connectivity index (χ0n) is 8.94. The van der Waals surface area contributed by atoms with Crippen molar-refractivity contribution < 1.29 is 4.39 Å². The summed E-state index contributed by atoms with van der Waals surface area (Å²) in [5, 5.41) is 11.1. The van der Waals surface area contributed by atoms with Gasteiger partial charge in [-0.1, -0.05) is 0 Å². The van der Waals surface area contributed by atoms with Crippen molar-refractivity contribution in [3.8, 4) is 0 Å². The van der Waals surface area contributed by atoms with Crippen LogP contribution in [0, 0.1) is 5.82 Å². The van der Waals surface area contributed by atoms with Crippen molar-refractivity contribution in [1.29, 1.82) is 0 Å². The summed E-state index contributed by atoms with van der Waals surface area (Å²) in [5.41, 5.74) is 2.80. The Morgan fingerprint density at radius 1 is 1.00 bits per heavy atom. The van der Waals surface area contributed by atoms with Crippen LogP contribution in [0.3, 0.4) is 0 Å². The fourth-order valence-corrected chi connectivity index (χ4v) is 1.72. The van der Waals surface area contributed by atoms with E-state index in [9.17, 15) is 4.39 Å². The molecular formula is C13H10FN3. The number of aromatic nitrogens is 2. The Kier molecular flexibility index (Phi) is 2.26. The van der Waals surface area contributed by atoms with Crippen molar-refractivity contribution in [3.63, 3.8) is 0 Å². The number of halogens is 1. The van der Waals surface area contributed by atoms with Crippen LogP contribution in [0.2, 0.25) is 0 Å². The lowest BCUT2D eigenvalue weighted by molar-refractivity contribution is 0.628. The average Bonchev–Trinajstić information content (AvgIpc) is 2.79. The molecule has 3 nitrogen and oxygen atoms in total. The Balaban J connectivity index is 1.91. The van der Waals surface area contributed by atoms with Gasteiger partial charge in [-0.3, -0.25) is 5.10 Å². The summed E-state index contributed by atoms with van der Waals surface area (Å²) in [4.78, 5) is 0. The van der Waals surface area contributed by atoms with E-state index in [-0.39, 0.29) is 5.82 Å². The molecule has 0 aliphatic rings. The van der Waals surface area contributed by atoms with E-state index in [2.05, 4.69) is 15.5 Å². The van der Waals surface area contributed by atoms with E-state index in [0.29, 0.717) is 0 Å². The van der Waals surface area contributed by atoms with Crippen molar-refractivity contribution in [2.45, 2.75) is 0 Å². The van der Waals surface area contributed by atoms with Gasteiger partial charge in [0, 0.05) is 16.8 Å². The molecule has 0 fully saturated rings. The number of aromatic amines is 1. The summed E-state index contributed by atoms with van der Waals surface area (Å²) in [6.07, 6.45) is 1.77. The summed E-state index contributed by atoms with van der Waals surface area (Å²) in [6, 6.07) is 12.2. The molecule has 4 heteroatoms. The summed E-state index contributed by atoms with van der Waals surface area (Å²) in [5.74, 6) is -0.235. The molecule has 1 aromatic heterocycles. The number of H-pyrrole nitrogens is 1. The maximum Gasteiger partial charge on any atom is 0.123 e. The van der Waals surface area contributed by atoms with Crippen LogP contribution in [-0.4, -0.2) is 10.2 Å². The minimum Gasteiger partial charge on any atom is -0.356 e. The van der Waals surface area contributed by atoms with Gasteiger partial charge in [-0.2, -0.15) is 5.10 Å². The normalized spacial score (nSPS) is 10.6. The Hall–Kier alpha value is -2.36. The number of hydrogen-bond acceptors (Lipinski definition) is 2. The standard InChI is InChI=1S/C13H10FN3/c14-10-1-3-11(4-2-10)16-12-5-6-13-9(7-12)8-15-17-13/h1-8,16H,(H,15,17). The van der Waals surface area contributed by atoms with Gasteiger partial charge >= 0.3 is 0 Å². The molecule has 3 rings (SSSR count). The van der Waals surface area contributed by atoms with Gasteiger partial charge in [-0.25, -0.2) is 4.39 Å². The molecule has 0 spiro atoms. The van der Waals surface area contributed by atoms with Crippen LogP contribution >= 0.6 is 0 Å². The maximum absolute atomic E-state index is 12.8. The minimum absolute atomic E-state index is 0.235. The van der Waals surface area contributed by atoms with Crippen LogP contribution in [0.4, 0.5) is 15.8 Å². The summed E-state index contributed by atoms with van der Waals surface area (Å²) in [6.45, 7) is 0. The lowest BCUT2D eigenvalue weighted by Crippen LogP contribution is -1.89. The molecule has 0 radical (unpaired) electrons. The first kappa shape index (κ1) is 9.84. The molecule has 0 unspecified atom stereocenters. The first-order valence-corrected chi connectivity index (χ1v) is 5.27. The number of nitrogens with one attached hydrogen (secondary N) is 2. The highest BCUT2D eigenvalue weighted by Gasteiger charge is 1.99. The van der Waals surface area contributed by atoms with Crippen molar-refractivity contribution in [3.05, 3.63) is 54.5 Å². The molecule has 0 aliphatic carbocycles. The van der Waals surface area contributed by atoms with Gasteiger partial charge in [0.05, 0.1) is 11.7 Å². The monoisotopic (exact) mass is 227 g/mol. The first-order valence-electron chi connectivity index (χ1n) is 5.27. The number of benzene rings is 2. The van der Waals surface area contributed by atoms with Gasteiger partial charge in [-0.05, 0) is 42.5 Å².